The van der Waals surface area contributed by atoms with Crippen molar-refractivity contribution in [2.75, 3.05) is 26.8 Å². The van der Waals surface area contributed by atoms with E-state index in [9.17, 15) is 4.79 Å². The monoisotopic (exact) mass is 227 g/mol. The quantitative estimate of drug-likeness (QED) is 0.721. The Hall–Kier alpha value is -0.570. The molecule has 1 fully saturated rings. The van der Waals surface area contributed by atoms with Gasteiger partial charge in [-0.2, -0.15) is 0 Å². The van der Waals surface area contributed by atoms with Gasteiger partial charge in [0.25, 0.3) is 0 Å². The van der Waals surface area contributed by atoms with E-state index in [4.69, 9.17) is 4.74 Å². The zero-order valence-electron chi connectivity index (χ0n) is 10.9. The number of methoxy groups -OCH3 is 1. The number of hydrogen-bond donors (Lipinski definition) is 0. The van der Waals surface area contributed by atoms with Gasteiger partial charge < -0.3 is 9.64 Å². The average Bonchev–Trinajstić information content (AvgIpc) is 2.32. The predicted octanol–water partition coefficient (Wildman–Crippen LogP) is 2.31. The molecule has 0 radical (unpaired) electrons. The van der Waals surface area contributed by atoms with Gasteiger partial charge >= 0.3 is 0 Å². The van der Waals surface area contributed by atoms with Gasteiger partial charge in [-0.3, -0.25) is 4.79 Å². The van der Waals surface area contributed by atoms with E-state index in [0.717, 1.165) is 24.9 Å². The van der Waals surface area contributed by atoms with E-state index >= 15 is 0 Å². The summed E-state index contributed by atoms with van der Waals surface area (Å²) in [5.74, 6) is 1.81. The number of ether oxygens (including phenoxy) is 1. The van der Waals surface area contributed by atoms with E-state index in [1.54, 1.807) is 7.11 Å². The third-order valence-corrected chi connectivity index (χ3v) is 3.88. The molecule has 0 aliphatic carbocycles. The van der Waals surface area contributed by atoms with Crippen molar-refractivity contribution < 1.29 is 9.53 Å². The van der Waals surface area contributed by atoms with Crippen molar-refractivity contribution in [1.82, 2.24) is 4.90 Å². The summed E-state index contributed by atoms with van der Waals surface area (Å²) < 4.78 is 4.88. The summed E-state index contributed by atoms with van der Waals surface area (Å²) in [6, 6.07) is 0. The highest BCUT2D eigenvalue weighted by Crippen LogP contribution is 2.29. The first-order valence-electron chi connectivity index (χ1n) is 6.49. The minimum atomic E-state index is 0.144. The van der Waals surface area contributed by atoms with Crippen molar-refractivity contribution in [1.29, 1.82) is 0 Å². The molecule has 0 saturated carbocycles. The third kappa shape index (κ3) is 3.48. The standard InChI is InChI=1S/C13H25NO2/c1-4-11(5-2)12-6-8-14(9-7-12)13(15)10-16-3/h11-12H,4-10H2,1-3H3. The molecule has 16 heavy (non-hydrogen) atoms. The maximum absolute atomic E-state index is 11.6. The highest BCUT2D eigenvalue weighted by atomic mass is 16.5. The fourth-order valence-corrected chi connectivity index (χ4v) is 2.79. The molecule has 0 aromatic rings. The molecule has 0 aromatic carbocycles. The van der Waals surface area contributed by atoms with Gasteiger partial charge in [0.2, 0.25) is 5.91 Å². The maximum atomic E-state index is 11.6. The molecule has 1 heterocycles. The molecule has 1 aliphatic rings. The Bertz CT molecular complexity index is 206. The molecule has 94 valence electrons. The van der Waals surface area contributed by atoms with E-state index in [0.29, 0.717) is 0 Å². The molecule has 3 nitrogen and oxygen atoms in total. The van der Waals surface area contributed by atoms with Gasteiger partial charge in [0.15, 0.2) is 0 Å². The van der Waals surface area contributed by atoms with Crippen LogP contribution in [0.2, 0.25) is 0 Å². The molecule has 3 heteroatoms. The van der Waals surface area contributed by atoms with Crippen LogP contribution in [0.15, 0.2) is 0 Å². The van der Waals surface area contributed by atoms with E-state index in [1.807, 2.05) is 4.90 Å². The minimum Gasteiger partial charge on any atom is -0.375 e. The van der Waals surface area contributed by atoms with Crippen LogP contribution in [-0.2, 0) is 9.53 Å². The molecular formula is C13H25NO2. The lowest BCUT2D eigenvalue weighted by Crippen LogP contribution is -2.41. The summed E-state index contributed by atoms with van der Waals surface area (Å²) in [6.45, 7) is 6.62. The lowest BCUT2D eigenvalue weighted by atomic mass is 9.81. The second-order valence-electron chi connectivity index (χ2n) is 4.73. The Balaban J connectivity index is 2.35. The van der Waals surface area contributed by atoms with Gasteiger partial charge in [0, 0.05) is 20.2 Å². The number of hydrogen-bond acceptors (Lipinski definition) is 2. The van der Waals surface area contributed by atoms with Crippen molar-refractivity contribution in [3.8, 4) is 0 Å². The Morgan fingerprint density at radius 3 is 2.31 bits per heavy atom. The van der Waals surface area contributed by atoms with Gasteiger partial charge in [-0.05, 0) is 24.7 Å². The average molecular weight is 227 g/mol. The van der Waals surface area contributed by atoms with Crippen molar-refractivity contribution in [2.24, 2.45) is 11.8 Å². The molecule has 0 unspecified atom stereocenters. The number of carbonyl (C=O) groups excluding carboxylic acids is 1. The van der Waals surface area contributed by atoms with Crippen LogP contribution in [-0.4, -0.2) is 37.6 Å². The fraction of sp³-hybridized carbons (Fsp3) is 0.923. The van der Waals surface area contributed by atoms with E-state index in [1.165, 1.54) is 25.7 Å². The molecule has 0 N–H and O–H groups in total. The lowest BCUT2D eigenvalue weighted by Gasteiger charge is -2.35. The number of nitrogens with zero attached hydrogens (tertiary/aromatic N) is 1. The largest absolute Gasteiger partial charge is 0.375 e. The molecule has 0 spiro atoms. The van der Waals surface area contributed by atoms with Crippen molar-refractivity contribution in [3.05, 3.63) is 0 Å². The van der Waals surface area contributed by atoms with Crippen LogP contribution in [0.3, 0.4) is 0 Å². The van der Waals surface area contributed by atoms with E-state index in [-0.39, 0.29) is 12.5 Å². The normalized spacial score (nSPS) is 18.1. The zero-order valence-corrected chi connectivity index (χ0v) is 10.9. The molecule has 1 aliphatic heterocycles. The van der Waals surface area contributed by atoms with E-state index in [2.05, 4.69) is 13.8 Å². The van der Waals surface area contributed by atoms with Gasteiger partial charge in [-0.1, -0.05) is 26.7 Å². The predicted molar refractivity (Wildman–Crippen MR) is 65.3 cm³/mol. The first-order chi connectivity index (χ1) is 7.72. The summed E-state index contributed by atoms with van der Waals surface area (Å²) in [5, 5.41) is 0. The summed E-state index contributed by atoms with van der Waals surface area (Å²) in [7, 11) is 1.58. The Morgan fingerprint density at radius 1 is 1.31 bits per heavy atom. The summed E-state index contributed by atoms with van der Waals surface area (Å²) in [4.78, 5) is 13.6. The number of rotatable bonds is 5. The van der Waals surface area contributed by atoms with Gasteiger partial charge in [-0.15, -0.1) is 0 Å². The number of likely N-dealkylation sites (tertiary alicyclic amines) is 1. The maximum Gasteiger partial charge on any atom is 0.248 e. The third-order valence-electron chi connectivity index (χ3n) is 3.88. The number of piperidine rings is 1. The van der Waals surface area contributed by atoms with Crippen molar-refractivity contribution >= 4 is 5.91 Å². The Labute approximate surface area is 99.1 Å². The fourth-order valence-electron chi connectivity index (χ4n) is 2.79. The van der Waals surface area contributed by atoms with Crippen LogP contribution in [0.1, 0.15) is 39.5 Å². The molecular weight excluding hydrogens is 202 g/mol. The first-order valence-corrected chi connectivity index (χ1v) is 6.49. The lowest BCUT2D eigenvalue weighted by molar-refractivity contribution is -0.136. The van der Waals surface area contributed by atoms with Crippen LogP contribution in [0.5, 0.6) is 0 Å². The highest BCUT2D eigenvalue weighted by Gasteiger charge is 2.26. The van der Waals surface area contributed by atoms with Crippen LogP contribution in [0.25, 0.3) is 0 Å². The highest BCUT2D eigenvalue weighted by molar-refractivity contribution is 5.77. The molecule has 1 saturated heterocycles. The second kappa shape index (κ2) is 6.89. The first kappa shape index (κ1) is 13.5. The smallest absolute Gasteiger partial charge is 0.248 e. The van der Waals surface area contributed by atoms with Crippen LogP contribution >= 0.6 is 0 Å². The second-order valence-corrected chi connectivity index (χ2v) is 4.73. The van der Waals surface area contributed by atoms with Gasteiger partial charge in [-0.25, -0.2) is 0 Å². The molecule has 0 aromatic heterocycles. The molecule has 1 rings (SSSR count). The zero-order chi connectivity index (χ0) is 12.0. The van der Waals surface area contributed by atoms with Crippen molar-refractivity contribution in [3.63, 3.8) is 0 Å². The van der Waals surface area contributed by atoms with Crippen LogP contribution in [0.4, 0.5) is 0 Å². The number of amides is 1. The molecule has 0 atom stereocenters. The topological polar surface area (TPSA) is 29.5 Å². The van der Waals surface area contributed by atoms with Gasteiger partial charge in [0.1, 0.15) is 6.61 Å². The van der Waals surface area contributed by atoms with E-state index < -0.39 is 0 Å². The van der Waals surface area contributed by atoms with Crippen LogP contribution < -0.4 is 0 Å². The Morgan fingerprint density at radius 2 is 1.88 bits per heavy atom. The SMILES string of the molecule is CCC(CC)C1CCN(C(=O)COC)CC1. The molecule has 1 amide bonds. The summed E-state index contributed by atoms with van der Waals surface area (Å²) in [5.41, 5.74) is 0. The molecule has 0 bridgehead atoms. The Kier molecular flexibility index (Phi) is 5.81. The summed E-state index contributed by atoms with van der Waals surface area (Å²) in [6.07, 6.45) is 4.88. The minimum absolute atomic E-state index is 0.144. The number of carbonyl (C=O) groups is 1. The van der Waals surface area contributed by atoms with Gasteiger partial charge in [0.05, 0.1) is 0 Å². The van der Waals surface area contributed by atoms with Crippen molar-refractivity contribution in [2.45, 2.75) is 39.5 Å². The summed E-state index contributed by atoms with van der Waals surface area (Å²) >= 11 is 0. The van der Waals surface area contributed by atoms with Crippen LogP contribution in [0, 0.1) is 11.8 Å².